The second kappa shape index (κ2) is 8.82. The third-order valence-corrected chi connectivity index (χ3v) is 0.329. The summed E-state index contributed by atoms with van der Waals surface area (Å²) in [4.78, 5) is 0. The summed E-state index contributed by atoms with van der Waals surface area (Å²) in [6.45, 7) is 5.42. The zero-order valence-corrected chi connectivity index (χ0v) is 3.44. The van der Waals surface area contributed by atoms with Crippen LogP contribution < -0.4 is 0 Å². The Morgan fingerprint density at radius 1 is 1.50 bits per heavy atom. The number of hydrogen-bond donors (Lipinski definition) is 0. The molecule has 0 nitrogen and oxygen atoms in total. The third kappa shape index (κ3) is 9.77. The van der Waals surface area contributed by atoms with Gasteiger partial charge in [-0.3, -0.25) is 0 Å². The largest absolute Gasteiger partial charge is 0.0991 e. The van der Waals surface area contributed by atoms with Crippen LogP contribution in [-0.4, -0.2) is 0 Å². The van der Waals surface area contributed by atoms with Gasteiger partial charge in [-0.05, 0) is 6.92 Å². The van der Waals surface area contributed by atoms with E-state index in [1.807, 2.05) is 19.1 Å². The van der Waals surface area contributed by atoms with Crippen LogP contribution in [0.4, 0.5) is 0 Å². The molecule has 0 aliphatic carbocycles. The first kappa shape index (κ1) is 9.08. The highest BCUT2D eigenvalue weighted by Gasteiger charge is 1.42. The standard InChI is InChI=1S/C5H8.CH4/c1-3-5-4-2;/h3-5H,1H2,2H3;1H4. The van der Waals surface area contributed by atoms with E-state index in [4.69, 9.17) is 0 Å². The van der Waals surface area contributed by atoms with Crippen LogP contribution in [0.15, 0.2) is 24.8 Å². The van der Waals surface area contributed by atoms with Gasteiger partial charge in [-0.2, -0.15) is 0 Å². The highest BCUT2D eigenvalue weighted by molar-refractivity contribution is 4.94. The van der Waals surface area contributed by atoms with Gasteiger partial charge in [0.15, 0.2) is 0 Å². The molecule has 0 amide bonds. The van der Waals surface area contributed by atoms with Gasteiger partial charge in [0.05, 0.1) is 0 Å². The summed E-state index contributed by atoms with van der Waals surface area (Å²) in [7, 11) is 0. The van der Waals surface area contributed by atoms with E-state index in [2.05, 4.69) is 6.58 Å². The molecule has 0 heteroatoms. The fraction of sp³-hybridized carbons (Fsp3) is 0.333. The zero-order chi connectivity index (χ0) is 4.12. The van der Waals surface area contributed by atoms with Crippen molar-refractivity contribution < 1.29 is 0 Å². The van der Waals surface area contributed by atoms with Crippen LogP contribution >= 0.6 is 0 Å². The molecular weight excluding hydrogens is 72.1 g/mol. The Bertz CT molecular complexity index is 42.0. The average molecular weight is 84.2 g/mol. The van der Waals surface area contributed by atoms with Crippen molar-refractivity contribution in [2.75, 3.05) is 0 Å². The van der Waals surface area contributed by atoms with Crippen molar-refractivity contribution in [1.82, 2.24) is 0 Å². The Morgan fingerprint density at radius 2 is 2.00 bits per heavy atom. The van der Waals surface area contributed by atoms with Gasteiger partial charge in [-0.1, -0.05) is 32.2 Å². The predicted molar refractivity (Wildman–Crippen MR) is 31.7 cm³/mol. The van der Waals surface area contributed by atoms with E-state index in [-0.39, 0.29) is 7.43 Å². The molecular formula is C6H12. The maximum Gasteiger partial charge on any atom is -0.0467 e. The maximum absolute atomic E-state index is 3.46. The third-order valence-electron chi connectivity index (χ3n) is 0.329. The zero-order valence-electron chi connectivity index (χ0n) is 3.44. The van der Waals surface area contributed by atoms with E-state index in [0.717, 1.165) is 0 Å². The SMILES string of the molecule is C.C=CC=CC. The topological polar surface area (TPSA) is 0 Å². The fourth-order valence-corrected chi connectivity index (χ4v) is 0.136. The Hall–Kier alpha value is -0.520. The summed E-state index contributed by atoms with van der Waals surface area (Å²) in [6.07, 6.45) is 5.58. The van der Waals surface area contributed by atoms with Crippen LogP contribution in [0, 0.1) is 0 Å². The molecule has 0 rings (SSSR count). The van der Waals surface area contributed by atoms with Gasteiger partial charge in [-0.25, -0.2) is 0 Å². The van der Waals surface area contributed by atoms with Crippen LogP contribution in [0.25, 0.3) is 0 Å². The van der Waals surface area contributed by atoms with Crippen molar-refractivity contribution in [3.05, 3.63) is 24.8 Å². The van der Waals surface area contributed by atoms with Gasteiger partial charge in [0.2, 0.25) is 0 Å². The summed E-state index contributed by atoms with van der Waals surface area (Å²) in [5.74, 6) is 0. The molecule has 0 spiro atoms. The fourth-order valence-electron chi connectivity index (χ4n) is 0.136. The molecule has 0 aliphatic rings. The Morgan fingerprint density at radius 3 is 2.00 bits per heavy atom. The molecule has 0 aliphatic heterocycles. The highest BCUT2D eigenvalue weighted by atomic mass is 13.5. The monoisotopic (exact) mass is 84.1 g/mol. The molecule has 0 atom stereocenters. The van der Waals surface area contributed by atoms with Crippen molar-refractivity contribution in [3.63, 3.8) is 0 Å². The van der Waals surface area contributed by atoms with Crippen LogP contribution in [-0.2, 0) is 0 Å². The minimum absolute atomic E-state index is 0. The van der Waals surface area contributed by atoms with Crippen molar-refractivity contribution in [1.29, 1.82) is 0 Å². The van der Waals surface area contributed by atoms with Crippen LogP contribution in [0.5, 0.6) is 0 Å². The minimum atomic E-state index is 0. The lowest BCUT2D eigenvalue weighted by molar-refractivity contribution is 1.74. The van der Waals surface area contributed by atoms with Gasteiger partial charge in [0, 0.05) is 0 Å². The smallest absolute Gasteiger partial charge is 0.0467 e. The Labute approximate surface area is 40.2 Å². The van der Waals surface area contributed by atoms with Crippen molar-refractivity contribution >= 4 is 0 Å². The molecule has 0 aromatic rings. The summed E-state index contributed by atoms with van der Waals surface area (Å²) in [6, 6.07) is 0. The van der Waals surface area contributed by atoms with E-state index >= 15 is 0 Å². The van der Waals surface area contributed by atoms with E-state index in [9.17, 15) is 0 Å². The van der Waals surface area contributed by atoms with Gasteiger partial charge in [0.25, 0.3) is 0 Å². The molecule has 0 aromatic carbocycles. The molecule has 0 bridgehead atoms. The second-order valence-electron chi connectivity index (χ2n) is 0.761. The van der Waals surface area contributed by atoms with Gasteiger partial charge >= 0.3 is 0 Å². The summed E-state index contributed by atoms with van der Waals surface area (Å²) in [5.41, 5.74) is 0. The molecule has 36 valence electrons. The molecule has 0 unspecified atom stereocenters. The molecule has 0 saturated carbocycles. The van der Waals surface area contributed by atoms with E-state index in [1.165, 1.54) is 0 Å². The van der Waals surface area contributed by atoms with Crippen LogP contribution in [0.2, 0.25) is 0 Å². The number of rotatable bonds is 1. The summed E-state index contributed by atoms with van der Waals surface area (Å²) < 4.78 is 0. The lowest BCUT2D eigenvalue weighted by atomic mass is 10.5. The highest BCUT2D eigenvalue weighted by Crippen LogP contribution is 1.64. The second-order valence-corrected chi connectivity index (χ2v) is 0.761. The first-order valence-electron chi connectivity index (χ1n) is 1.65. The normalized spacial score (nSPS) is 7.50. The van der Waals surface area contributed by atoms with Gasteiger partial charge in [0.1, 0.15) is 0 Å². The average Bonchev–Trinajstić information content (AvgIpc) is 1.41. The Balaban J connectivity index is 0. The minimum Gasteiger partial charge on any atom is -0.0991 e. The molecule has 0 saturated heterocycles. The first-order chi connectivity index (χ1) is 2.41. The lowest BCUT2D eigenvalue weighted by Gasteiger charge is -1.56. The maximum atomic E-state index is 3.46. The van der Waals surface area contributed by atoms with Crippen molar-refractivity contribution in [3.8, 4) is 0 Å². The van der Waals surface area contributed by atoms with Gasteiger partial charge in [-0.15, -0.1) is 0 Å². The molecule has 6 heavy (non-hydrogen) atoms. The van der Waals surface area contributed by atoms with Gasteiger partial charge < -0.3 is 0 Å². The van der Waals surface area contributed by atoms with Crippen molar-refractivity contribution in [2.24, 2.45) is 0 Å². The van der Waals surface area contributed by atoms with Crippen LogP contribution in [0.1, 0.15) is 14.4 Å². The molecule has 0 fully saturated rings. The molecule has 0 radical (unpaired) electrons. The lowest BCUT2D eigenvalue weighted by Crippen LogP contribution is -1.33. The molecule has 0 heterocycles. The van der Waals surface area contributed by atoms with E-state index in [0.29, 0.717) is 0 Å². The van der Waals surface area contributed by atoms with E-state index in [1.54, 1.807) is 6.08 Å². The van der Waals surface area contributed by atoms with Crippen molar-refractivity contribution in [2.45, 2.75) is 14.4 Å². The first-order valence-corrected chi connectivity index (χ1v) is 1.65. The quantitative estimate of drug-likeness (QED) is 0.428. The summed E-state index contributed by atoms with van der Waals surface area (Å²) >= 11 is 0. The number of allylic oxidation sites excluding steroid dienone is 3. The summed E-state index contributed by atoms with van der Waals surface area (Å²) in [5, 5.41) is 0. The Kier molecular flexibility index (Phi) is 13.4. The molecule has 0 aromatic heterocycles. The molecule has 0 N–H and O–H groups in total. The number of hydrogen-bond acceptors (Lipinski definition) is 0. The van der Waals surface area contributed by atoms with Crippen LogP contribution in [0.3, 0.4) is 0 Å². The predicted octanol–water partition coefficient (Wildman–Crippen LogP) is 2.38. The van der Waals surface area contributed by atoms with E-state index < -0.39 is 0 Å².